The van der Waals surface area contributed by atoms with E-state index in [-0.39, 0.29) is 11.1 Å². The Morgan fingerprint density at radius 1 is 1.21 bits per heavy atom. The highest BCUT2D eigenvalue weighted by Crippen LogP contribution is 2.18. The van der Waals surface area contributed by atoms with Crippen molar-refractivity contribution in [3.05, 3.63) is 58.0 Å². The molecule has 0 atom stereocenters. The molecular weight excluding hydrogens is 256 g/mol. The summed E-state index contributed by atoms with van der Waals surface area (Å²) < 4.78 is 27.4. The fraction of sp³-hybridized carbons (Fsp3) is 0.0769. The highest BCUT2D eigenvalue weighted by atomic mass is 19.2. The lowest BCUT2D eigenvalue weighted by Crippen LogP contribution is -2.18. The molecule has 0 amide bonds. The zero-order valence-corrected chi connectivity index (χ0v) is 9.85. The molecule has 0 saturated heterocycles. The van der Waals surface area contributed by atoms with Gasteiger partial charge in [-0.05, 0) is 17.7 Å². The van der Waals surface area contributed by atoms with E-state index >= 15 is 0 Å². The van der Waals surface area contributed by atoms with Crippen molar-refractivity contribution in [3.8, 4) is 11.1 Å². The molecule has 0 saturated carbocycles. The average Bonchev–Trinajstić information content (AvgIpc) is 2.35. The topological polar surface area (TPSA) is 59.3 Å². The first-order valence-corrected chi connectivity index (χ1v) is 5.29. The molecule has 0 aliphatic heterocycles. The Bertz CT molecular complexity index is 722. The van der Waals surface area contributed by atoms with Gasteiger partial charge in [0.05, 0.1) is 0 Å². The number of rotatable bonds is 2. The maximum Gasteiger partial charge on any atom is 0.341 e. The normalized spacial score (nSPS) is 10.5. The minimum atomic E-state index is -1.37. The molecule has 19 heavy (non-hydrogen) atoms. The van der Waals surface area contributed by atoms with Crippen LogP contribution in [-0.2, 0) is 7.05 Å². The molecule has 0 radical (unpaired) electrons. The summed E-state index contributed by atoms with van der Waals surface area (Å²) >= 11 is 0. The molecule has 4 nitrogen and oxygen atoms in total. The maximum absolute atomic E-state index is 13.2. The summed E-state index contributed by atoms with van der Waals surface area (Å²) in [6, 6.07) is 2.97. The number of aromatic carboxylic acids is 1. The molecule has 1 heterocycles. The van der Waals surface area contributed by atoms with Crippen LogP contribution in [0.2, 0.25) is 0 Å². The minimum absolute atomic E-state index is 0.00120. The lowest BCUT2D eigenvalue weighted by atomic mass is 10.0. The number of hydrogen-bond donors (Lipinski definition) is 1. The van der Waals surface area contributed by atoms with Gasteiger partial charge in [-0.15, -0.1) is 0 Å². The molecule has 0 fully saturated rings. The van der Waals surface area contributed by atoms with E-state index in [0.717, 1.165) is 18.3 Å². The van der Waals surface area contributed by atoms with Gasteiger partial charge in [0.2, 0.25) is 5.43 Å². The number of pyridine rings is 1. The van der Waals surface area contributed by atoms with Crippen molar-refractivity contribution in [2.24, 2.45) is 7.05 Å². The lowest BCUT2D eigenvalue weighted by molar-refractivity contribution is 0.0694. The lowest BCUT2D eigenvalue weighted by Gasteiger charge is -2.06. The Morgan fingerprint density at radius 3 is 2.47 bits per heavy atom. The highest BCUT2D eigenvalue weighted by Gasteiger charge is 2.15. The summed E-state index contributed by atoms with van der Waals surface area (Å²) in [5, 5.41) is 8.91. The van der Waals surface area contributed by atoms with E-state index in [4.69, 9.17) is 5.11 Å². The third-order valence-corrected chi connectivity index (χ3v) is 2.62. The van der Waals surface area contributed by atoms with Crippen LogP contribution in [0.4, 0.5) is 8.78 Å². The van der Waals surface area contributed by atoms with Crippen molar-refractivity contribution in [1.29, 1.82) is 0 Å². The van der Waals surface area contributed by atoms with E-state index in [1.807, 2.05) is 0 Å². The molecule has 0 aliphatic carbocycles. The maximum atomic E-state index is 13.2. The number of hydrogen-bond acceptors (Lipinski definition) is 2. The summed E-state index contributed by atoms with van der Waals surface area (Å²) in [7, 11) is 1.54. The Morgan fingerprint density at radius 2 is 1.89 bits per heavy atom. The first-order chi connectivity index (χ1) is 8.90. The van der Waals surface area contributed by atoms with Gasteiger partial charge in [-0.2, -0.15) is 0 Å². The van der Waals surface area contributed by atoms with E-state index in [9.17, 15) is 18.4 Å². The third kappa shape index (κ3) is 2.37. The van der Waals surface area contributed by atoms with Crippen LogP contribution in [0.5, 0.6) is 0 Å². The van der Waals surface area contributed by atoms with E-state index in [2.05, 4.69) is 0 Å². The summed E-state index contributed by atoms with van der Waals surface area (Å²) in [4.78, 5) is 22.9. The second kappa shape index (κ2) is 4.64. The molecular formula is C13H9F2NO3. The average molecular weight is 265 g/mol. The summed E-state index contributed by atoms with van der Waals surface area (Å²) in [6.45, 7) is 0. The number of carboxylic acid groups (broad SMARTS) is 1. The van der Waals surface area contributed by atoms with Crippen molar-refractivity contribution in [2.45, 2.75) is 0 Å². The fourth-order valence-electron chi connectivity index (χ4n) is 1.73. The van der Waals surface area contributed by atoms with Crippen LogP contribution in [0.15, 0.2) is 35.4 Å². The van der Waals surface area contributed by atoms with Crippen LogP contribution < -0.4 is 5.43 Å². The summed E-state index contributed by atoms with van der Waals surface area (Å²) in [5.74, 6) is -3.50. The Labute approximate surface area is 106 Å². The number of aryl methyl sites for hydroxylation is 1. The molecule has 0 bridgehead atoms. The minimum Gasteiger partial charge on any atom is -0.477 e. The van der Waals surface area contributed by atoms with Crippen LogP contribution in [0.1, 0.15) is 10.4 Å². The summed E-state index contributed by atoms with van der Waals surface area (Å²) in [5.41, 5.74) is -1.04. The van der Waals surface area contributed by atoms with Crippen LogP contribution >= 0.6 is 0 Å². The number of aromatic nitrogens is 1. The van der Waals surface area contributed by atoms with Crippen molar-refractivity contribution >= 4 is 5.97 Å². The predicted octanol–water partition coefficient (Wildman–Crippen LogP) is 2.03. The van der Waals surface area contributed by atoms with Crippen LogP contribution in [-0.4, -0.2) is 15.6 Å². The smallest absolute Gasteiger partial charge is 0.341 e. The first kappa shape index (κ1) is 12.9. The second-order valence-electron chi connectivity index (χ2n) is 4.01. The number of carboxylic acids is 1. The molecule has 0 spiro atoms. The SMILES string of the molecule is Cn1cc(C(=O)O)c(=O)c(-c2ccc(F)c(F)c2)c1. The predicted molar refractivity (Wildman–Crippen MR) is 64.0 cm³/mol. The third-order valence-electron chi connectivity index (χ3n) is 2.62. The molecule has 0 aliphatic rings. The van der Waals surface area contributed by atoms with Crippen LogP contribution in [0, 0.1) is 11.6 Å². The quantitative estimate of drug-likeness (QED) is 0.903. The Balaban J connectivity index is 2.72. The zero-order valence-electron chi connectivity index (χ0n) is 9.85. The van der Waals surface area contributed by atoms with Crippen molar-refractivity contribution < 1.29 is 18.7 Å². The van der Waals surface area contributed by atoms with Gasteiger partial charge in [0.1, 0.15) is 5.56 Å². The molecule has 1 aromatic carbocycles. The number of benzene rings is 1. The molecule has 1 N–H and O–H groups in total. The monoisotopic (exact) mass is 265 g/mol. The van der Waals surface area contributed by atoms with Gasteiger partial charge in [0, 0.05) is 25.0 Å². The highest BCUT2D eigenvalue weighted by molar-refractivity contribution is 5.88. The Hall–Kier alpha value is -2.50. The number of halogens is 2. The first-order valence-electron chi connectivity index (χ1n) is 5.29. The molecule has 6 heteroatoms. The van der Waals surface area contributed by atoms with Crippen molar-refractivity contribution in [1.82, 2.24) is 4.57 Å². The van der Waals surface area contributed by atoms with E-state index in [1.54, 1.807) is 0 Å². The van der Waals surface area contributed by atoms with Gasteiger partial charge >= 0.3 is 5.97 Å². The van der Waals surface area contributed by atoms with Crippen molar-refractivity contribution in [3.63, 3.8) is 0 Å². The number of carbonyl (C=O) groups is 1. The van der Waals surface area contributed by atoms with Gasteiger partial charge < -0.3 is 9.67 Å². The van der Waals surface area contributed by atoms with E-state index in [1.165, 1.54) is 23.9 Å². The van der Waals surface area contributed by atoms with Gasteiger partial charge in [0.15, 0.2) is 11.6 Å². The van der Waals surface area contributed by atoms with Crippen LogP contribution in [0.3, 0.4) is 0 Å². The van der Waals surface area contributed by atoms with Gasteiger partial charge in [-0.3, -0.25) is 4.79 Å². The van der Waals surface area contributed by atoms with E-state index < -0.39 is 28.6 Å². The second-order valence-corrected chi connectivity index (χ2v) is 4.01. The van der Waals surface area contributed by atoms with Gasteiger partial charge in [0.25, 0.3) is 0 Å². The summed E-state index contributed by atoms with van der Waals surface area (Å²) in [6.07, 6.45) is 2.52. The van der Waals surface area contributed by atoms with Gasteiger partial charge in [-0.1, -0.05) is 6.07 Å². The zero-order chi connectivity index (χ0) is 14.2. The molecule has 2 rings (SSSR count). The molecule has 2 aromatic rings. The fourth-order valence-corrected chi connectivity index (χ4v) is 1.73. The molecule has 98 valence electrons. The standard InChI is InChI=1S/C13H9F2NO3/c1-16-5-8(12(17)9(6-16)13(18)19)7-2-3-10(14)11(15)4-7/h2-6H,1H3,(H,18,19). The largest absolute Gasteiger partial charge is 0.477 e. The number of nitrogens with zero attached hydrogens (tertiary/aromatic N) is 1. The van der Waals surface area contributed by atoms with Gasteiger partial charge in [-0.25, -0.2) is 13.6 Å². The van der Waals surface area contributed by atoms with Crippen molar-refractivity contribution in [2.75, 3.05) is 0 Å². The van der Waals surface area contributed by atoms with E-state index in [0.29, 0.717) is 0 Å². The Kier molecular flexibility index (Phi) is 3.16. The molecule has 1 aromatic heterocycles. The van der Waals surface area contributed by atoms with Crippen LogP contribution in [0.25, 0.3) is 11.1 Å². The molecule has 0 unspecified atom stereocenters.